The monoisotopic (exact) mass is 342 g/mol. The Morgan fingerprint density at radius 2 is 2.08 bits per heavy atom. The Morgan fingerprint density at radius 1 is 1.32 bits per heavy atom. The van der Waals surface area contributed by atoms with Crippen LogP contribution in [0.1, 0.15) is 5.56 Å². The highest BCUT2D eigenvalue weighted by Gasteiger charge is 2.32. The van der Waals surface area contributed by atoms with Crippen LogP contribution in [-0.2, 0) is 11.3 Å². The molecule has 128 valence electrons. The van der Waals surface area contributed by atoms with E-state index in [2.05, 4.69) is 10.0 Å². The fourth-order valence-electron chi connectivity index (χ4n) is 2.65. The van der Waals surface area contributed by atoms with Crippen LogP contribution in [0.5, 0.6) is 0 Å². The SMILES string of the molecule is [N-]=[N+]=NCC1CN(c2ccc(-c3ccc(CO)cc3)c(F)c2)C(=O)O1. The molecule has 1 unspecified atom stereocenters. The largest absolute Gasteiger partial charge is 0.444 e. The zero-order valence-electron chi connectivity index (χ0n) is 13.2. The molecule has 0 saturated carbocycles. The number of nitrogens with zero attached hydrogens (tertiary/aromatic N) is 4. The van der Waals surface area contributed by atoms with Gasteiger partial charge in [0.25, 0.3) is 0 Å². The highest BCUT2D eigenvalue weighted by Crippen LogP contribution is 2.29. The van der Waals surface area contributed by atoms with E-state index in [-0.39, 0.29) is 19.7 Å². The smallest absolute Gasteiger partial charge is 0.414 e. The number of hydrogen-bond donors (Lipinski definition) is 1. The number of anilines is 1. The van der Waals surface area contributed by atoms with Crippen LogP contribution in [0.15, 0.2) is 47.6 Å². The zero-order chi connectivity index (χ0) is 17.8. The van der Waals surface area contributed by atoms with Gasteiger partial charge in [0.15, 0.2) is 0 Å². The van der Waals surface area contributed by atoms with Gasteiger partial charge in [0.1, 0.15) is 11.9 Å². The van der Waals surface area contributed by atoms with Gasteiger partial charge in [0.05, 0.1) is 25.4 Å². The Labute approximate surface area is 142 Å². The maximum atomic E-state index is 14.5. The molecular formula is C17H15FN4O3. The van der Waals surface area contributed by atoms with Crippen LogP contribution in [-0.4, -0.2) is 30.4 Å². The molecule has 0 spiro atoms. The highest BCUT2D eigenvalue weighted by molar-refractivity contribution is 5.90. The van der Waals surface area contributed by atoms with Crippen LogP contribution in [0.2, 0.25) is 0 Å². The van der Waals surface area contributed by atoms with Gasteiger partial charge in [-0.2, -0.15) is 0 Å². The number of ether oxygens (including phenoxy) is 1. The molecule has 0 radical (unpaired) electrons. The Kier molecular flexibility index (Phi) is 4.83. The minimum absolute atomic E-state index is 0.0382. The van der Waals surface area contributed by atoms with E-state index < -0.39 is 18.0 Å². The predicted molar refractivity (Wildman–Crippen MR) is 89.4 cm³/mol. The Morgan fingerprint density at radius 3 is 2.72 bits per heavy atom. The van der Waals surface area contributed by atoms with Crippen LogP contribution >= 0.6 is 0 Å². The molecule has 1 aliphatic rings. The first-order valence-corrected chi connectivity index (χ1v) is 7.61. The quantitative estimate of drug-likeness (QED) is 0.510. The van der Waals surface area contributed by atoms with E-state index >= 15 is 0 Å². The summed E-state index contributed by atoms with van der Waals surface area (Å²) in [6.07, 6.45) is -1.14. The summed E-state index contributed by atoms with van der Waals surface area (Å²) < 4.78 is 19.6. The topological polar surface area (TPSA) is 98.5 Å². The van der Waals surface area contributed by atoms with Crippen LogP contribution in [0.25, 0.3) is 21.6 Å². The van der Waals surface area contributed by atoms with Gasteiger partial charge in [-0.15, -0.1) is 0 Å². The molecule has 1 amide bonds. The molecule has 3 rings (SSSR count). The molecule has 25 heavy (non-hydrogen) atoms. The number of carbonyl (C=O) groups excluding carboxylic acids is 1. The molecule has 1 N–H and O–H groups in total. The molecule has 1 fully saturated rings. The second kappa shape index (κ2) is 7.21. The number of rotatable bonds is 5. The predicted octanol–water partition coefficient (Wildman–Crippen LogP) is 3.62. The summed E-state index contributed by atoms with van der Waals surface area (Å²) in [5.74, 6) is -0.472. The van der Waals surface area contributed by atoms with Crippen molar-refractivity contribution in [3.8, 4) is 11.1 Å². The minimum Gasteiger partial charge on any atom is -0.444 e. The number of carbonyl (C=O) groups is 1. The summed E-state index contributed by atoms with van der Waals surface area (Å²) in [5.41, 5.74) is 10.5. The minimum atomic E-state index is -0.599. The van der Waals surface area contributed by atoms with E-state index in [4.69, 9.17) is 15.4 Å². The lowest BCUT2D eigenvalue weighted by atomic mass is 10.0. The number of azide groups is 1. The first-order chi connectivity index (χ1) is 12.1. The number of halogens is 1. The van der Waals surface area contributed by atoms with Gasteiger partial charge >= 0.3 is 6.09 Å². The van der Waals surface area contributed by atoms with Gasteiger partial charge in [-0.1, -0.05) is 29.4 Å². The fraction of sp³-hybridized carbons (Fsp3) is 0.235. The second-order valence-electron chi connectivity index (χ2n) is 5.55. The number of aliphatic hydroxyl groups is 1. The molecule has 0 aromatic heterocycles. The summed E-state index contributed by atoms with van der Waals surface area (Å²) in [5, 5.41) is 12.4. The van der Waals surface area contributed by atoms with E-state index in [1.807, 2.05) is 0 Å². The fourth-order valence-corrected chi connectivity index (χ4v) is 2.65. The highest BCUT2D eigenvalue weighted by atomic mass is 19.1. The summed E-state index contributed by atoms with van der Waals surface area (Å²) in [6.45, 7) is 0.161. The third-order valence-electron chi connectivity index (χ3n) is 3.93. The van der Waals surface area contributed by atoms with Gasteiger partial charge in [-0.25, -0.2) is 9.18 Å². The first kappa shape index (κ1) is 16.8. The molecular weight excluding hydrogens is 327 g/mol. The van der Waals surface area contributed by atoms with E-state index in [0.29, 0.717) is 16.8 Å². The number of hydrogen-bond acceptors (Lipinski definition) is 4. The summed E-state index contributed by atoms with van der Waals surface area (Å²) in [7, 11) is 0. The first-order valence-electron chi connectivity index (χ1n) is 7.61. The van der Waals surface area contributed by atoms with Gasteiger partial charge in [0, 0.05) is 10.5 Å². The van der Waals surface area contributed by atoms with E-state index in [1.54, 1.807) is 36.4 Å². The van der Waals surface area contributed by atoms with Crippen molar-refractivity contribution in [3.05, 3.63) is 64.3 Å². The van der Waals surface area contributed by atoms with Crippen molar-refractivity contribution in [3.63, 3.8) is 0 Å². The lowest BCUT2D eigenvalue weighted by Gasteiger charge is -2.14. The molecule has 2 aromatic rings. The standard InChI is InChI=1S/C17H15FN4O3/c18-16-7-13(22-9-14(8-20-21-19)25-17(22)24)5-6-15(16)12-3-1-11(10-23)2-4-12/h1-7,14,23H,8-10H2. The van der Waals surface area contributed by atoms with Gasteiger partial charge in [-0.05, 0) is 34.9 Å². The van der Waals surface area contributed by atoms with Crippen molar-refractivity contribution >= 4 is 11.8 Å². The normalized spacial score (nSPS) is 16.5. The second-order valence-corrected chi connectivity index (χ2v) is 5.55. The van der Waals surface area contributed by atoms with Crippen molar-refractivity contribution in [2.75, 3.05) is 18.0 Å². The average molecular weight is 342 g/mol. The van der Waals surface area contributed by atoms with Gasteiger partial charge in [0.2, 0.25) is 0 Å². The Hall–Kier alpha value is -3.09. The summed E-state index contributed by atoms with van der Waals surface area (Å²) >= 11 is 0. The molecule has 1 aliphatic heterocycles. The number of amides is 1. The van der Waals surface area contributed by atoms with Crippen molar-refractivity contribution in [1.82, 2.24) is 0 Å². The number of benzene rings is 2. The molecule has 2 aromatic carbocycles. The average Bonchev–Trinajstić information content (AvgIpc) is 3.00. The molecule has 7 nitrogen and oxygen atoms in total. The third kappa shape index (κ3) is 3.55. The Balaban J connectivity index is 1.82. The third-order valence-corrected chi connectivity index (χ3v) is 3.93. The van der Waals surface area contributed by atoms with Crippen molar-refractivity contribution < 1.29 is 19.0 Å². The number of aliphatic hydroxyl groups excluding tert-OH is 1. The van der Waals surface area contributed by atoms with E-state index in [9.17, 15) is 9.18 Å². The molecule has 0 bridgehead atoms. The molecule has 8 heteroatoms. The zero-order valence-corrected chi connectivity index (χ0v) is 13.2. The van der Waals surface area contributed by atoms with Gasteiger partial charge in [-0.3, -0.25) is 4.90 Å². The molecule has 1 heterocycles. The lowest BCUT2D eigenvalue weighted by Crippen LogP contribution is -2.25. The molecule has 0 aliphatic carbocycles. The lowest BCUT2D eigenvalue weighted by molar-refractivity contribution is 0.145. The van der Waals surface area contributed by atoms with Crippen molar-refractivity contribution in [2.24, 2.45) is 5.11 Å². The summed E-state index contributed by atoms with van der Waals surface area (Å²) in [6, 6.07) is 11.4. The van der Waals surface area contributed by atoms with Crippen molar-refractivity contribution in [2.45, 2.75) is 12.7 Å². The maximum absolute atomic E-state index is 14.5. The Bertz CT molecular complexity index is 834. The van der Waals surface area contributed by atoms with Crippen LogP contribution in [0, 0.1) is 5.82 Å². The molecule has 1 atom stereocenters. The van der Waals surface area contributed by atoms with Crippen LogP contribution in [0.3, 0.4) is 0 Å². The molecule has 1 saturated heterocycles. The van der Waals surface area contributed by atoms with Gasteiger partial charge < -0.3 is 9.84 Å². The summed E-state index contributed by atoms with van der Waals surface area (Å²) in [4.78, 5) is 15.8. The van der Waals surface area contributed by atoms with E-state index in [0.717, 1.165) is 5.56 Å². The maximum Gasteiger partial charge on any atom is 0.414 e. The van der Waals surface area contributed by atoms with E-state index in [1.165, 1.54) is 11.0 Å². The van der Waals surface area contributed by atoms with Crippen molar-refractivity contribution in [1.29, 1.82) is 0 Å². The number of cyclic esters (lactones) is 1. The van der Waals surface area contributed by atoms with Crippen LogP contribution in [0.4, 0.5) is 14.9 Å². The van der Waals surface area contributed by atoms with Crippen LogP contribution < -0.4 is 4.90 Å².